The van der Waals surface area contributed by atoms with Gasteiger partial charge in [-0.2, -0.15) is 0 Å². The van der Waals surface area contributed by atoms with Gasteiger partial charge < -0.3 is 4.98 Å². The number of aryl methyl sites for hydroxylation is 1. The summed E-state index contributed by atoms with van der Waals surface area (Å²) in [6, 6.07) is 9.53. The minimum atomic E-state index is 0.192. The quantitative estimate of drug-likeness (QED) is 0.449. The average molecular weight is 251 g/mol. The van der Waals surface area contributed by atoms with Crippen LogP contribution in [0.1, 0.15) is 11.1 Å². The maximum atomic E-state index is 8.30. The summed E-state index contributed by atoms with van der Waals surface area (Å²) in [4.78, 5) is 7.12. The molecule has 0 unspecified atom stereocenters. The van der Waals surface area contributed by atoms with E-state index < -0.39 is 0 Å². The number of aromatic nitrogens is 3. The fourth-order valence-corrected chi connectivity index (χ4v) is 2.03. The number of benzene rings is 1. The van der Waals surface area contributed by atoms with Crippen molar-refractivity contribution in [3.8, 4) is 0 Å². The maximum absolute atomic E-state index is 8.30. The first-order valence-electron chi connectivity index (χ1n) is 5.92. The molecule has 5 nitrogen and oxygen atoms in total. The average Bonchev–Trinajstić information content (AvgIpc) is 2.87. The molecule has 5 heteroatoms. The summed E-state index contributed by atoms with van der Waals surface area (Å²) in [6.45, 7) is 2.01. The number of hydrogen-bond donors (Lipinski definition) is 3. The summed E-state index contributed by atoms with van der Waals surface area (Å²) in [5.74, 6) is 0.275. The van der Waals surface area contributed by atoms with Gasteiger partial charge in [-0.05, 0) is 13.0 Å². The Hall–Kier alpha value is -2.69. The van der Waals surface area contributed by atoms with Crippen molar-refractivity contribution in [3.05, 3.63) is 59.3 Å². The van der Waals surface area contributed by atoms with E-state index in [0.717, 1.165) is 16.6 Å². The van der Waals surface area contributed by atoms with Gasteiger partial charge in [-0.25, -0.2) is 4.98 Å². The second kappa shape index (κ2) is 4.20. The predicted octanol–water partition coefficient (Wildman–Crippen LogP) is 2.03. The Labute approximate surface area is 109 Å². The van der Waals surface area contributed by atoms with Crippen molar-refractivity contribution in [2.45, 2.75) is 6.92 Å². The molecule has 3 aromatic rings. The lowest BCUT2D eigenvalue weighted by Crippen LogP contribution is -2.27. The Bertz CT molecular complexity index is 808. The molecule has 0 bridgehead atoms. The van der Waals surface area contributed by atoms with Gasteiger partial charge in [0.05, 0.1) is 11.7 Å². The molecule has 2 heterocycles. The van der Waals surface area contributed by atoms with Crippen molar-refractivity contribution < 1.29 is 0 Å². The smallest absolute Gasteiger partial charge is 0.154 e. The zero-order chi connectivity index (χ0) is 13.4. The van der Waals surface area contributed by atoms with Crippen molar-refractivity contribution in [2.75, 3.05) is 0 Å². The highest BCUT2D eigenvalue weighted by Gasteiger charge is 2.09. The van der Waals surface area contributed by atoms with Crippen LogP contribution in [0, 0.1) is 17.7 Å². The van der Waals surface area contributed by atoms with Crippen LogP contribution in [-0.2, 0) is 0 Å². The van der Waals surface area contributed by atoms with E-state index in [1.165, 1.54) is 6.20 Å². The van der Waals surface area contributed by atoms with Gasteiger partial charge in [0.15, 0.2) is 5.65 Å². The normalized spacial score (nSPS) is 10.8. The number of rotatable bonds is 1. The van der Waals surface area contributed by atoms with Gasteiger partial charge in [-0.1, -0.05) is 29.8 Å². The van der Waals surface area contributed by atoms with Crippen LogP contribution in [0.5, 0.6) is 0 Å². The van der Waals surface area contributed by atoms with Gasteiger partial charge in [-0.3, -0.25) is 15.4 Å². The van der Waals surface area contributed by atoms with E-state index in [1.807, 2.05) is 37.3 Å². The molecule has 94 valence electrons. The third-order valence-electron chi connectivity index (χ3n) is 3.05. The SMILES string of the molecule is Cc1ccc(C(=N)n2c(=N)cnc3[nH]ccc32)cc1. The summed E-state index contributed by atoms with van der Waals surface area (Å²) < 4.78 is 1.57. The zero-order valence-corrected chi connectivity index (χ0v) is 10.4. The molecule has 0 radical (unpaired) electrons. The summed E-state index contributed by atoms with van der Waals surface area (Å²) in [5.41, 5.74) is 3.52. The van der Waals surface area contributed by atoms with Crippen molar-refractivity contribution in [1.82, 2.24) is 14.5 Å². The van der Waals surface area contributed by atoms with Gasteiger partial charge >= 0.3 is 0 Å². The van der Waals surface area contributed by atoms with E-state index in [2.05, 4.69) is 9.97 Å². The van der Waals surface area contributed by atoms with Crippen LogP contribution < -0.4 is 5.49 Å². The molecule has 0 atom stereocenters. The molecule has 0 aliphatic carbocycles. The molecule has 0 aliphatic heterocycles. The largest absolute Gasteiger partial charge is 0.345 e. The molecule has 19 heavy (non-hydrogen) atoms. The van der Waals surface area contributed by atoms with E-state index in [9.17, 15) is 0 Å². The van der Waals surface area contributed by atoms with E-state index in [4.69, 9.17) is 10.8 Å². The topological polar surface area (TPSA) is 81.3 Å². The van der Waals surface area contributed by atoms with Crippen molar-refractivity contribution in [1.29, 1.82) is 10.8 Å². The Morgan fingerprint density at radius 1 is 1.21 bits per heavy atom. The second-order valence-electron chi connectivity index (χ2n) is 4.40. The summed E-state index contributed by atoms with van der Waals surface area (Å²) in [5, 5.41) is 16.3. The zero-order valence-electron chi connectivity index (χ0n) is 10.4. The van der Waals surface area contributed by atoms with Crippen molar-refractivity contribution in [3.63, 3.8) is 0 Å². The van der Waals surface area contributed by atoms with Crippen molar-refractivity contribution in [2.24, 2.45) is 0 Å². The first-order chi connectivity index (χ1) is 9.16. The molecule has 0 aliphatic rings. The second-order valence-corrected chi connectivity index (χ2v) is 4.40. The number of nitrogens with zero attached hydrogens (tertiary/aromatic N) is 2. The summed E-state index contributed by atoms with van der Waals surface area (Å²) in [7, 11) is 0. The Morgan fingerprint density at radius 2 is 1.95 bits per heavy atom. The van der Waals surface area contributed by atoms with Gasteiger partial charge in [0.25, 0.3) is 0 Å². The highest BCUT2D eigenvalue weighted by molar-refractivity contribution is 6.02. The lowest BCUT2D eigenvalue weighted by atomic mass is 10.1. The molecule has 0 spiro atoms. The van der Waals surface area contributed by atoms with Crippen LogP contribution in [0.25, 0.3) is 11.2 Å². The van der Waals surface area contributed by atoms with E-state index in [-0.39, 0.29) is 11.3 Å². The number of H-pyrrole nitrogens is 1. The highest BCUT2D eigenvalue weighted by Crippen LogP contribution is 2.10. The minimum absolute atomic E-state index is 0.192. The van der Waals surface area contributed by atoms with Crippen LogP contribution in [0.2, 0.25) is 0 Å². The van der Waals surface area contributed by atoms with Crippen LogP contribution in [0.3, 0.4) is 0 Å². The predicted molar refractivity (Wildman–Crippen MR) is 73.3 cm³/mol. The van der Waals surface area contributed by atoms with E-state index >= 15 is 0 Å². The number of fused-ring (bicyclic) bond motifs is 1. The lowest BCUT2D eigenvalue weighted by molar-refractivity contribution is 0.978. The number of hydrogen-bond acceptors (Lipinski definition) is 3. The fourth-order valence-electron chi connectivity index (χ4n) is 2.03. The molecule has 3 N–H and O–H groups in total. The van der Waals surface area contributed by atoms with Crippen LogP contribution in [-0.4, -0.2) is 20.4 Å². The monoisotopic (exact) mass is 251 g/mol. The maximum Gasteiger partial charge on any atom is 0.154 e. The Balaban J connectivity index is 2.21. The minimum Gasteiger partial charge on any atom is -0.345 e. The van der Waals surface area contributed by atoms with Gasteiger partial charge in [0.1, 0.15) is 11.3 Å². The fraction of sp³-hybridized carbons (Fsp3) is 0.0714. The third kappa shape index (κ3) is 1.85. The standard InChI is InChI=1S/C14H13N5/c1-9-2-4-10(5-3-9)13(16)19-11-6-7-17-14(11)18-8-12(19)15/h2-8,15-17H,1H3. The molecule has 0 amide bonds. The first-order valence-corrected chi connectivity index (χ1v) is 5.92. The Morgan fingerprint density at radius 3 is 2.68 bits per heavy atom. The first kappa shape index (κ1) is 11.4. The molecule has 0 saturated carbocycles. The molecule has 0 saturated heterocycles. The van der Waals surface area contributed by atoms with Gasteiger partial charge in [0.2, 0.25) is 0 Å². The van der Waals surface area contributed by atoms with E-state index in [1.54, 1.807) is 10.8 Å². The van der Waals surface area contributed by atoms with E-state index in [0.29, 0.717) is 5.65 Å². The molecular formula is C14H13N5. The summed E-state index contributed by atoms with van der Waals surface area (Å²) >= 11 is 0. The summed E-state index contributed by atoms with van der Waals surface area (Å²) in [6.07, 6.45) is 3.21. The van der Waals surface area contributed by atoms with Gasteiger partial charge in [-0.15, -0.1) is 0 Å². The number of nitrogens with one attached hydrogen (secondary N) is 3. The number of aromatic amines is 1. The highest BCUT2D eigenvalue weighted by atomic mass is 15.1. The molecule has 2 aromatic heterocycles. The molecule has 1 aromatic carbocycles. The van der Waals surface area contributed by atoms with Crippen molar-refractivity contribution >= 4 is 17.0 Å². The Kier molecular flexibility index (Phi) is 2.52. The third-order valence-corrected chi connectivity index (χ3v) is 3.05. The lowest BCUT2D eigenvalue weighted by Gasteiger charge is -2.10. The van der Waals surface area contributed by atoms with Crippen LogP contribution in [0.4, 0.5) is 0 Å². The van der Waals surface area contributed by atoms with Crippen LogP contribution >= 0.6 is 0 Å². The van der Waals surface area contributed by atoms with Gasteiger partial charge in [0, 0.05) is 11.8 Å². The molecule has 0 fully saturated rings. The molecule has 3 rings (SSSR count). The molecular weight excluding hydrogens is 238 g/mol. The van der Waals surface area contributed by atoms with Crippen LogP contribution in [0.15, 0.2) is 42.7 Å².